The van der Waals surface area contributed by atoms with Gasteiger partial charge in [0.2, 0.25) is 12.1 Å². The molecule has 0 aromatic rings. The van der Waals surface area contributed by atoms with E-state index in [1.165, 1.54) is 5.57 Å². The van der Waals surface area contributed by atoms with Gasteiger partial charge in [-0.1, -0.05) is 53.2 Å². The van der Waals surface area contributed by atoms with Crippen LogP contribution in [0, 0.1) is 50.2 Å². The van der Waals surface area contributed by atoms with Crippen LogP contribution in [0.1, 0.15) is 106 Å². The van der Waals surface area contributed by atoms with Crippen molar-refractivity contribution in [2.24, 2.45) is 50.2 Å². The zero-order valence-corrected chi connectivity index (χ0v) is 38.0. The van der Waals surface area contributed by atoms with Crippen molar-refractivity contribution in [2.45, 2.75) is 191 Å². The SMILES string of the molecule is CC1(C)CC[C@]2(C(=O)O[C@H]3OC[C@H](O)[C@H](O)[C@H]3O)CC[C@]3(C)C(=CCC4[C@@]5(C)C[C@H](O)[C@H](O[C@@H]6O[C@H](CO)[C@@H](O[C@H]7C[C@H](O)[C@@](O)(CO)O7)[C@H](O)[C@H]6O)[C@@](C)(CO)C5CC[C@]43C)C2C1. The first-order chi connectivity index (χ1) is 29.9. The van der Waals surface area contributed by atoms with Gasteiger partial charge >= 0.3 is 5.97 Å². The highest BCUT2D eigenvalue weighted by Gasteiger charge is 2.71. The summed E-state index contributed by atoms with van der Waals surface area (Å²) in [6, 6.07) is 0. The minimum absolute atomic E-state index is 0.0403. The van der Waals surface area contributed by atoms with Crippen LogP contribution in [0.15, 0.2) is 11.6 Å². The standard InChI is InChI=1S/C46H74O18/c1-40(2)11-13-45(39(57)63-37-33(55)31(53)25(51)19-59-37)14-12-43(5)22(23(45)16-40)7-8-28-41(3)17-24(50)36(42(4,20-48)27(41)9-10-44(28,43)6)62-38-34(56)32(54)35(26(18-47)60-38)61-30-15-29(52)46(58,21-49)64-30/h7,23-38,47-56,58H,8-21H2,1-6H3/t23?,24-,25-,26+,27?,28?,29-,30+,31-,32+,33+,34+,35+,36-,37+,38-,41-,42-,43+,44+,45-,46+/m0/s1. The average molecular weight is 915 g/mol. The third-order valence-electron chi connectivity index (χ3n) is 18.7. The predicted octanol–water partition coefficient (Wildman–Crippen LogP) is -0.289. The number of allylic oxidation sites excluding steroid dienone is 2. The number of carbonyl (C=O) groups is 1. The molecular weight excluding hydrogens is 840 g/mol. The molecule has 0 aromatic carbocycles. The molecule has 0 aromatic heterocycles. The van der Waals surface area contributed by atoms with Crippen LogP contribution in [-0.4, -0.2) is 174 Å². The Balaban J connectivity index is 1.03. The number of hydrogen-bond donors (Lipinski definition) is 11. The molecule has 366 valence electrons. The van der Waals surface area contributed by atoms with Crippen molar-refractivity contribution in [1.82, 2.24) is 0 Å². The quantitative estimate of drug-likeness (QED) is 0.0805. The second kappa shape index (κ2) is 16.9. The number of aliphatic hydroxyl groups is 11. The van der Waals surface area contributed by atoms with Crippen molar-refractivity contribution in [2.75, 3.05) is 26.4 Å². The molecule has 3 unspecified atom stereocenters. The first kappa shape index (κ1) is 49.0. The van der Waals surface area contributed by atoms with Crippen LogP contribution in [-0.2, 0) is 33.2 Å². The van der Waals surface area contributed by atoms with E-state index < -0.39 is 121 Å². The van der Waals surface area contributed by atoms with E-state index in [0.717, 1.165) is 19.3 Å². The van der Waals surface area contributed by atoms with Gasteiger partial charge in [0, 0.05) is 11.8 Å². The van der Waals surface area contributed by atoms with Gasteiger partial charge in [-0.15, -0.1) is 0 Å². The van der Waals surface area contributed by atoms with Crippen molar-refractivity contribution in [3.05, 3.63) is 11.6 Å². The van der Waals surface area contributed by atoms with E-state index in [0.29, 0.717) is 38.5 Å². The summed E-state index contributed by atoms with van der Waals surface area (Å²) >= 11 is 0. The van der Waals surface area contributed by atoms with Crippen LogP contribution < -0.4 is 0 Å². The second-order valence-electron chi connectivity index (χ2n) is 22.6. The fourth-order valence-electron chi connectivity index (χ4n) is 14.7. The van der Waals surface area contributed by atoms with Crippen LogP contribution in [0.5, 0.6) is 0 Å². The summed E-state index contributed by atoms with van der Waals surface area (Å²) in [4.78, 5) is 14.5. The summed E-state index contributed by atoms with van der Waals surface area (Å²) in [7, 11) is 0. The number of carbonyl (C=O) groups excluding carboxylic acids is 1. The average Bonchev–Trinajstić information content (AvgIpc) is 3.53. The third-order valence-corrected chi connectivity index (χ3v) is 18.7. The highest BCUT2D eigenvalue weighted by atomic mass is 16.8. The van der Waals surface area contributed by atoms with Gasteiger partial charge < -0.3 is 84.6 Å². The maximum atomic E-state index is 14.5. The van der Waals surface area contributed by atoms with Gasteiger partial charge in [-0.25, -0.2) is 0 Å². The molecule has 7 fully saturated rings. The van der Waals surface area contributed by atoms with E-state index in [2.05, 4.69) is 40.7 Å². The number of hydrogen-bond acceptors (Lipinski definition) is 18. The number of ether oxygens (including phenoxy) is 6. The van der Waals surface area contributed by atoms with Gasteiger partial charge in [-0.05, 0) is 97.2 Å². The fourth-order valence-corrected chi connectivity index (χ4v) is 14.7. The molecule has 8 aliphatic rings. The lowest BCUT2D eigenvalue weighted by Crippen LogP contribution is -2.69. The molecule has 3 heterocycles. The molecule has 3 saturated heterocycles. The van der Waals surface area contributed by atoms with Crippen LogP contribution in [0.4, 0.5) is 0 Å². The van der Waals surface area contributed by atoms with Gasteiger partial charge in [-0.3, -0.25) is 4.79 Å². The Hall–Kier alpha value is -1.43. The first-order valence-electron chi connectivity index (χ1n) is 23.4. The molecule has 0 spiro atoms. The molecule has 0 radical (unpaired) electrons. The lowest BCUT2D eigenvalue weighted by Gasteiger charge is -2.72. The molecule has 3 aliphatic heterocycles. The summed E-state index contributed by atoms with van der Waals surface area (Å²) in [6.07, 6.45) is -10.7. The maximum absolute atomic E-state index is 14.5. The highest BCUT2D eigenvalue weighted by Crippen LogP contribution is 2.76. The van der Waals surface area contributed by atoms with Gasteiger partial charge in [0.15, 0.2) is 12.6 Å². The molecule has 22 atom stereocenters. The molecule has 64 heavy (non-hydrogen) atoms. The zero-order chi connectivity index (χ0) is 46.7. The molecule has 4 saturated carbocycles. The van der Waals surface area contributed by atoms with Gasteiger partial charge in [0.05, 0.1) is 44.1 Å². The largest absolute Gasteiger partial charge is 0.432 e. The van der Waals surface area contributed by atoms with Gasteiger partial charge in [0.25, 0.3) is 0 Å². The summed E-state index contributed by atoms with van der Waals surface area (Å²) in [5, 5.41) is 118. The number of aliphatic hydroxyl groups excluding tert-OH is 10. The Morgan fingerprint density at radius 3 is 2.12 bits per heavy atom. The minimum Gasteiger partial charge on any atom is -0.432 e. The van der Waals surface area contributed by atoms with Crippen molar-refractivity contribution < 1.29 is 89.4 Å². The molecule has 18 heteroatoms. The zero-order valence-electron chi connectivity index (χ0n) is 38.0. The third kappa shape index (κ3) is 7.39. The Morgan fingerprint density at radius 1 is 0.781 bits per heavy atom. The van der Waals surface area contributed by atoms with Crippen LogP contribution in [0.2, 0.25) is 0 Å². The molecule has 5 aliphatic carbocycles. The van der Waals surface area contributed by atoms with Crippen LogP contribution in [0.3, 0.4) is 0 Å². The van der Waals surface area contributed by atoms with E-state index in [1.807, 2.05) is 6.92 Å². The van der Waals surface area contributed by atoms with Gasteiger partial charge in [0.1, 0.15) is 48.8 Å². The van der Waals surface area contributed by atoms with E-state index in [9.17, 15) is 61.0 Å². The molecular formula is C46H74O18. The summed E-state index contributed by atoms with van der Waals surface area (Å²) in [5.74, 6) is -3.05. The first-order valence-corrected chi connectivity index (χ1v) is 23.4. The summed E-state index contributed by atoms with van der Waals surface area (Å²) in [5.41, 5.74) is -1.95. The van der Waals surface area contributed by atoms with Crippen molar-refractivity contribution in [3.8, 4) is 0 Å². The van der Waals surface area contributed by atoms with E-state index >= 15 is 0 Å². The van der Waals surface area contributed by atoms with Crippen LogP contribution in [0.25, 0.3) is 0 Å². The lowest BCUT2D eigenvalue weighted by molar-refractivity contribution is -0.363. The predicted molar refractivity (Wildman–Crippen MR) is 221 cm³/mol. The van der Waals surface area contributed by atoms with Crippen molar-refractivity contribution in [1.29, 1.82) is 0 Å². The molecule has 0 bridgehead atoms. The topological polar surface area (TPSA) is 295 Å². The van der Waals surface area contributed by atoms with E-state index in [1.54, 1.807) is 0 Å². The lowest BCUT2D eigenvalue weighted by atomic mass is 9.33. The number of rotatable bonds is 9. The summed E-state index contributed by atoms with van der Waals surface area (Å²) < 4.78 is 35.0. The smallest absolute Gasteiger partial charge is 0.315 e. The fraction of sp³-hybridized carbons (Fsp3) is 0.935. The molecule has 11 N–H and O–H groups in total. The number of fused-ring (bicyclic) bond motifs is 7. The number of esters is 1. The normalized spacial score (nSPS) is 54.7. The highest BCUT2D eigenvalue weighted by molar-refractivity contribution is 5.79. The Bertz CT molecular complexity index is 1760. The van der Waals surface area contributed by atoms with Crippen LogP contribution >= 0.6 is 0 Å². The van der Waals surface area contributed by atoms with Crippen molar-refractivity contribution >= 4 is 5.97 Å². The van der Waals surface area contributed by atoms with E-state index in [4.69, 9.17) is 28.4 Å². The molecule has 0 amide bonds. The molecule has 18 nitrogen and oxygen atoms in total. The molecule has 8 rings (SSSR count). The van der Waals surface area contributed by atoms with E-state index in [-0.39, 0.29) is 53.6 Å². The van der Waals surface area contributed by atoms with Gasteiger partial charge in [-0.2, -0.15) is 0 Å². The Labute approximate surface area is 374 Å². The van der Waals surface area contributed by atoms with Crippen molar-refractivity contribution in [3.63, 3.8) is 0 Å². The minimum atomic E-state index is -2.30. The Kier molecular flexibility index (Phi) is 13.0. The second-order valence-corrected chi connectivity index (χ2v) is 22.6. The maximum Gasteiger partial charge on any atom is 0.315 e. The summed E-state index contributed by atoms with van der Waals surface area (Å²) in [6.45, 7) is 10.9. The Morgan fingerprint density at radius 2 is 1.47 bits per heavy atom. The monoisotopic (exact) mass is 914 g/mol.